The average molecular weight is 519 g/mol. The van der Waals surface area contributed by atoms with E-state index < -0.39 is 15.6 Å². The standard InChI is InChI=1S/C25H38N6O4S/c1-5-8-20(26)22-23(27-3)25(32)30-24(29-22)19-16-18(10-11-21(19)35-15-6-2)36(33,34)28-13-12-17-9-7-14-31(17)4/h10-11,16-17,26-28H,5-9,12-15H2,1-4H3,(H,29,30,32). The lowest BCUT2D eigenvalue weighted by Crippen LogP contribution is -2.31. The smallest absolute Gasteiger partial charge is 0.275 e. The molecule has 4 N–H and O–H groups in total. The molecule has 10 nitrogen and oxygen atoms in total. The van der Waals surface area contributed by atoms with E-state index in [-0.39, 0.29) is 27.8 Å². The predicted molar refractivity (Wildman–Crippen MR) is 143 cm³/mol. The molecule has 0 radical (unpaired) electrons. The largest absolute Gasteiger partial charge is 0.493 e. The molecule has 0 aliphatic carbocycles. The molecule has 2 heterocycles. The molecule has 3 rings (SSSR count). The molecule has 1 aliphatic heterocycles. The second-order valence-corrected chi connectivity index (χ2v) is 10.9. The lowest BCUT2D eigenvalue weighted by molar-refractivity contribution is 0.297. The summed E-state index contributed by atoms with van der Waals surface area (Å²) in [7, 11) is -0.125. The van der Waals surface area contributed by atoms with Crippen molar-refractivity contribution < 1.29 is 13.2 Å². The maximum Gasteiger partial charge on any atom is 0.275 e. The van der Waals surface area contributed by atoms with E-state index >= 15 is 0 Å². The van der Waals surface area contributed by atoms with Crippen LogP contribution in [0.25, 0.3) is 11.4 Å². The van der Waals surface area contributed by atoms with Gasteiger partial charge >= 0.3 is 0 Å². The molecule has 1 unspecified atom stereocenters. The van der Waals surface area contributed by atoms with E-state index in [9.17, 15) is 13.2 Å². The highest BCUT2D eigenvalue weighted by Crippen LogP contribution is 2.31. The minimum atomic E-state index is -3.79. The number of aromatic amines is 1. The summed E-state index contributed by atoms with van der Waals surface area (Å²) in [5.74, 6) is 0.572. The first-order chi connectivity index (χ1) is 17.2. The highest BCUT2D eigenvalue weighted by atomic mass is 32.2. The quantitative estimate of drug-likeness (QED) is 0.299. The number of benzene rings is 1. The number of nitrogens with one attached hydrogen (secondary N) is 4. The molecule has 0 saturated carbocycles. The first kappa shape index (κ1) is 27.8. The average Bonchev–Trinajstić information content (AvgIpc) is 3.26. The van der Waals surface area contributed by atoms with Gasteiger partial charge in [-0.15, -0.1) is 0 Å². The molecule has 0 spiro atoms. The SMILES string of the molecule is CCCOc1ccc(S(=O)(=O)NCCC2CCCN2C)cc1-c1nc(C(=N)CCC)c(NC)c(=O)[nH]1. The highest BCUT2D eigenvalue weighted by Gasteiger charge is 2.23. The molecule has 1 atom stereocenters. The number of hydrogen-bond donors (Lipinski definition) is 4. The van der Waals surface area contributed by atoms with Crippen LogP contribution in [-0.4, -0.2) is 68.8 Å². The van der Waals surface area contributed by atoms with Crippen molar-refractivity contribution in [3.63, 3.8) is 0 Å². The molecule has 1 aromatic heterocycles. The molecule has 11 heteroatoms. The second kappa shape index (κ2) is 12.5. The van der Waals surface area contributed by atoms with Gasteiger partial charge in [0.05, 0.1) is 22.8 Å². The molecule has 0 amide bonds. The molecule has 1 aromatic carbocycles. The maximum absolute atomic E-state index is 13.1. The fourth-order valence-corrected chi connectivity index (χ4v) is 5.48. The van der Waals surface area contributed by atoms with Crippen LogP contribution in [0.3, 0.4) is 0 Å². The van der Waals surface area contributed by atoms with E-state index in [2.05, 4.69) is 32.0 Å². The van der Waals surface area contributed by atoms with Gasteiger partial charge < -0.3 is 25.3 Å². The Balaban J connectivity index is 1.98. The normalized spacial score (nSPS) is 16.3. The monoisotopic (exact) mass is 518 g/mol. The number of hydrogen-bond acceptors (Lipinski definition) is 8. The predicted octanol–water partition coefficient (Wildman–Crippen LogP) is 3.20. The number of rotatable bonds is 13. The Hall–Kier alpha value is -2.76. The van der Waals surface area contributed by atoms with Gasteiger partial charge in [0, 0.05) is 19.6 Å². The van der Waals surface area contributed by atoms with Crippen LogP contribution >= 0.6 is 0 Å². The first-order valence-electron chi connectivity index (χ1n) is 12.6. The van der Waals surface area contributed by atoms with Gasteiger partial charge in [0.1, 0.15) is 23.0 Å². The summed E-state index contributed by atoms with van der Waals surface area (Å²) in [5.41, 5.74) is 0.591. The summed E-state index contributed by atoms with van der Waals surface area (Å²) >= 11 is 0. The Bertz CT molecular complexity index is 1230. The van der Waals surface area contributed by atoms with Crippen LogP contribution < -0.4 is 20.3 Å². The van der Waals surface area contributed by atoms with Crippen molar-refractivity contribution in [2.45, 2.75) is 63.3 Å². The van der Waals surface area contributed by atoms with Gasteiger partial charge in [0.2, 0.25) is 10.0 Å². The number of nitrogens with zero attached hydrogens (tertiary/aromatic N) is 2. The van der Waals surface area contributed by atoms with Crippen LogP contribution in [0.4, 0.5) is 5.69 Å². The number of aromatic nitrogens is 2. The third kappa shape index (κ3) is 6.51. The minimum absolute atomic E-state index is 0.0617. The van der Waals surface area contributed by atoms with E-state index in [0.717, 1.165) is 38.6 Å². The van der Waals surface area contributed by atoms with Crippen molar-refractivity contribution in [1.29, 1.82) is 5.41 Å². The lowest BCUT2D eigenvalue weighted by Gasteiger charge is -2.19. The number of H-pyrrole nitrogens is 1. The second-order valence-electron chi connectivity index (χ2n) is 9.09. The Morgan fingerprint density at radius 1 is 1.31 bits per heavy atom. The summed E-state index contributed by atoms with van der Waals surface area (Å²) in [5, 5.41) is 11.2. The number of ether oxygens (including phenoxy) is 1. The Morgan fingerprint density at radius 2 is 2.08 bits per heavy atom. The van der Waals surface area contributed by atoms with Crippen LogP contribution in [0, 0.1) is 5.41 Å². The molecule has 1 aliphatic rings. The summed E-state index contributed by atoms with van der Waals surface area (Å²) in [4.78, 5) is 22.5. The molecule has 0 bridgehead atoms. The van der Waals surface area contributed by atoms with Gasteiger partial charge in [-0.2, -0.15) is 0 Å². The Labute approximate surface area is 213 Å². The number of likely N-dealkylation sites (tertiary alicyclic amines) is 1. The van der Waals surface area contributed by atoms with E-state index in [4.69, 9.17) is 10.1 Å². The van der Waals surface area contributed by atoms with Crippen molar-refractivity contribution in [3.8, 4) is 17.1 Å². The molecule has 1 fully saturated rings. The van der Waals surface area contributed by atoms with Gasteiger partial charge in [-0.25, -0.2) is 18.1 Å². The van der Waals surface area contributed by atoms with Gasteiger partial charge in [-0.05, 0) is 63.9 Å². The van der Waals surface area contributed by atoms with Crippen LogP contribution in [0.2, 0.25) is 0 Å². The summed E-state index contributed by atoms with van der Waals surface area (Å²) in [6, 6.07) is 4.94. The third-order valence-corrected chi connectivity index (χ3v) is 7.83. The molecule has 36 heavy (non-hydrogen) atoms. The minimum Gasteiger partial charge on any atom is -0.493 e. The van der Waals surface area contributed by atoms with Crippen molar-refractivity contribution in [2.24, 2.45) is 0 Å². The van der Waals surface area contributed by atoms with E-state index in [1.807, 2.05) is 13.8 Å². The summed E-state index contributed by atoms with van der Waals surface area (Å²) in [6.07, 6.45) is 4.88. The summed E-state index contributed by atoms with van der Waals surface area (Å²) in [6.45, 7) is 5.71. The fourth-order valence-electron chi connectivity index (χ4n) is 4.41. The molecule has 2 aromatic rings. The molecular weight excluding hydrogens is 480 g/mol. The number of anilines is 1. The lowest BCUT2D eigenvalue weighted by atomic mass is 10.1. The van der Waals surface area contributed by atoms with Crippen LogP contribution in [0.15, 0.2) is 27.9 Å². The van der Waals surface area contributed by atoms with Gasteiger partial charge in [-0.1, -0.05) is 20.3 Å². The van der Waals surface area contributed by atoms with Crippen LogP contribution in [-0.2, 0) is 10.0 Å². The molecule has 198 valence electrons. The van der Waals surface area contributed by atoms with Crippen LogP contribution in [0.1, 0.15) is 58.1 Å². The zero-order valence-electron chi connectivity index (χ0n) is 21.6. The van der Waals surface area contributed by atoms with Gasteiger partial charge in [0.25, 0.3) is 5.56 Å². The van der Waals surface area contributed by atoms with Crippen LogP contribution in [0.5, 0.6) is 5.75 Å². The molecule has 1 saturated heterocycles. The zero-order valence-corrected chi connectivity index (χ0v) is 22.4. The summed E-state index contributed by atoms with van der Waals surface area (Å²) < 4.78 is 34.8. The van der Waals surface area contributed by atoms with Gasteiger partial charge in [-0.3, -0.25) is 4.79 Å². The van der Waals surface area contributed by atoms with Crippen molar-refractivity contribution in [3.05, 3.63) is 34.2 Å². The topological polar surface area (TPSA) is 140 Å². The maximum atomic E-state index is 13.1. The van der Waals surface area contributed by atoms with Crippen molar-refractivity contribution >= 4 is 21.4 Å². The van der Waals surface area contributed by atoms with E-state index in [1.54, 1.807) is 13.1 Å². The van der Waals surface area contributed by atoms with E-state index in [1.165, 1.54) is 12.1 Å². The zero-order chi connectivity index (χ0) is 26.3. The fraction of sp³-hybridized carbons (Fsp3) is 0.560. The number of sulfonamides is 1. The van der Waals surface area contributed by atoms with Crippen molar-refractivity contribution in [1.82, 2.24) is 19.6 Å². The third-order valence-electron chi connectivity index (χ3n) is 6.37. The highest BCUT2D eigenvalue weighted by molar-refractivity contribution is 7.89. The van der Waals surface area contributed by atoms with Crippen molar-refractivity contribution in [2.75, 3.05) is 39.1 Å². The Morgan fingerprint density at radius 3 is 2.72 bits per heavy atom. The van der Waals surface area contributed by atoms with Gasteiger partial charge in [0.15, 0.2) is 0 Å². The Kier molecular flexibility index (Phi) is 9.63. The first-order valence-corrected chi connectivity index (χ1v) is 14.1. The van der Waals surface area contributed by atoms with E-state index in [0.29, 0.717) is 36.9 Å². The molecular formula is C25H38N6O4S.